The van der Waals surface area contributed by atoms with E-state index < -0.39 is 0 Å². The quantitative estimate of drug-likeness (QED) is 0.781. The smallest absolute Gasteiger partial charge is 0.253 e. The highest BCUT2D eigenvalue weighted by molar-refractivity contribution is 5.85. The summed E-state index contributed by atoms with van der Waals surface area (Å²) in [7, 11) is 0. The third-order valence-electron chi connectivity index (χ3n) is 3.38. The second-order valence-electron chi connectivity index (χ2n) is 4.41. The van der Waals surface area contributed by atoms with Crippen molar-refractivity contribution in [2.24, 2.45) is 5.92 Å². The molecule has 16 heavy (non-hydrogen) atoms. The Balaban J connectivity index is 0.00000128. The number of rotatable bonds is 2. The molecule has 2 atom stereocenters. The van der Waals surface area contributed by atoms with Crippen LogP contribution in [0.5, 0.6) is 0 Å². The number of morpholine rings is 1. The van der Waals surface area contributed by atoms with Crippen molar-refractivity contribution < 1.29 is 9.53 Å². The van der Waals surface area contributed by atoms with Crippen LogP contribution < -0.4 is 5.32 Å². The second kappa shape index (κ2) is 6.42. The summed E-state index contributed by atoms with van der Waals surface area (Å²) in [5.41, 5.74) is 0. The van der Waals surface area contributed by atoms with Gasteiger partial charge in [0.25, 0.3) is 5.91 Å². The lowest BCUT2D eigenvalue weighted by Crippen LogP contribution is -2.48. The van der Waals surface area contributed by atoms with E-state index in [1.54, 1.807) is 0 Å². The van der Waals surface area contributed by atoms with Gasteiger partial charge in [-0.2, -0.15) is 0 Å². The molecule has 1 N–H and O–H groups in total. The Labute approximate surface area is 103 Å². The highest BCUT2D eigenvalue weighted by Gasteiger charge is 2.31. The standard InChI is InChI=1S/C11H20N2O2.ClH/c1-2-9-3-5-13(8-9)11(14)10-7-12-4-6-15-10;/h9-10,12H,2-8H2,1H3;1H/t9?,10-;/m1./s1. The van der Waals surface area contributed by atoms with Gasteiger partial charge in [0.15, 0.2) is 0 Å². The Morgan fingerprint density at radius 1 is 1.56 bits per heavy atom. The fraction of sp³-hybridized carbons (Fsp3) is 0.909. The van der Waals surface area contributed by atoms with Gasteiger partial charge in [0.05, 0.1) is 6.61 Å². The molecular weight excluding hydrogens is 228 g/mol. The molecule has 1 unspecified atom stereocenters. The lowest BCUT2D eigenvalue weighted by molar-refractivity contribution is -0.144. The van der Waals surface area contributed by atoms with E-state index in [0.717, 1.165) is 26.1 Å². The summed E-state index contributed by atoms with van der Waals surface area (Å²) in [5, 5.41) is 3.19. The number of hydrogen-bond acceptors (Lipinski definition) is 3. The van der Waals surface area contributed by atoms with Gasteiger partial charge in [0, 0.05) is 26.2 Å². The van der Waals surface area contributed by atoms with Crippen LogP contribution in [0, 0.1) is 5.92 Å². The second-order valence-corrected chi connectivity index (χ2v) is 4.41. The fourth-order valence-electron chi connectivity index (χ4n) is 2.29. The Hall–Kier alpha value is -0.320. The van der Waals surface area contributed by atoms with Crippen molar-refractivity contribution in [2.45, 2.75) is 25.9 Å². The first kappa shape index (κ1) is 13.7. The number of carbonyl (C=O) groups is 1. The van der Waals surface area contributed by atoms with Crippen molar-refractivity contribution in [1.82, 2.24) is 10.2 Å². The minimum absolute atomic E-state index is 0. The fourth-order valence-corrected chi connectivity index (χ4v) is 2.29. The van der Waals surface area contributed by atoms with Gasteiger partial charge in [-0.05, 0) is 12.3 Å². The summed E-state index contributed by atoms with van der Waals surface area (Å²) in [5.74, 6) is 0.878. The van der Waals surface area contributed by atoms with Crippen LogP contribution in [0.4, 0.5) is 0 Å². The summed E-state index contributed by atoms with van der Waals surface area (Å²) >= 11 is 0. The van der Waals surface area contributed by atoms with Crippen LogP contribution in [0.25, 0.3) is 0 Å². The van der Waals surface area contributed by atoms with E-state index >= 15 is 0 Å². The number of amides is 1. The van der Waals surface area contributed by atoms with E-state index in [2.05, 4.69) is 12.2 Å². The van der Waals surface area contributed by atoms with Crippen LogP contribution in [0.3, 0.4) is 0 Å². The first-order valence-electron chi connectivity index (χ1n) is 5.92. The molecule has 2 rings (SSSR count). The summed E-state index contributed by atoms with van der Waals surface area (Å²) in [6, 6.07) is 0. The lowest BCUT2D eigenvalue weighted by atomic mass is 10.1. The van der Waals surface area contributed by atoms with E-state index in [1.807, 2.05) is 4.90 Å². The summed E-state index contributed by atoms with van der Waals surface area (Å²) in [6.07, 6.45) is 2.09. The van der Waals surface area contributed by atoms with Crippen LogP contribution in [0.1, 0.15) is 19.8 Å². The van der Waals surface area contributed by atoms with Crippen LogP contribution in [-0.4, -0.2) is 49.7 Å². The minimum atomic E-state index is -0.241. The van der Waals surface area contributed by atoms with Crippen LogP contribution in [0.2, 0.25) is 0 Å². The van der Waals surface area contributed by atoms with Gasteiger partial charge in [0.2, 0.25) is 0 Å². The van der Waals surface area contributed by atoms with Crippen molar-refractivity contribution in [3.05, 3.63) is 0 Å². The van der Waals surface area contributed by atoms with Gasteiger partial charge >= 0.3 is 0 Å². The van der Waals surface area contributed by atoms with Gasteiger partial charge in [-0.3, -0.25) is 4.79 Å². The number of likely N-dealkylation sites (tertiary alicyclic amines) is 1. The van der Waals surface area contributed by atoms with Crippen LogP contribution in [-0.2, 0) is 9.53 Å². The van der Waals surface area contributed by atoms with Gasteiger partial charge in [0.1, 0.15) is 6.10 Å². The summed E-state index contributed by atoms with van der Waals surface area (Å²) < 4.78 is 5.47. The van der Waals surface area contributed by atoms with Crippen molar-refractivity contribution in [2.75, 3.05) is 32.8 Å². The number of nitrogens with zero attached hydrogens (tertiary/aromatic N) is 1. The van der Waals surface area contributed by atoms with Gasteiger partial charge in [-0.1, -0.05) is 13.3 Å². The maximum absolute atomic E-state index is 12.0. The largest absolute Gasteiger partial charge is 0.366 e. The lowest BCUT2D eigenvalue weighted by Gasteiger charge is -2.27. The third kappa shape index (κ3) is 3.09. The minimum Gasteiger partial charge on any atom is -0.366 e. The Kier molecular flexibility index (Phi) is 5.52. The molecule has 5 heteroatoms. The van der Waals surface area contributed by atoms with Crippen molar-refractivity contribution in [3.8, 4) is 0 Å². The molecule has 1 amide bonds. The average molecular weight is 249 g/mol. The number of hydrogen-bond donors (Lipinski definition) is 1. The van der Waals surface area contributed by atoms with Crippen molar-refractivity contribution in [1.29, 1.82) is 0 Å². The molecule has 2 heterocycles. The molecular formula is C11H21ClN2O2. The molecule has 0 saturated carbocycles. The average Bonchev–Trinajstić information content (AvgIpc) is 2.78. The third-order valence-corrected chi connectivity index (χ3v) is 3.38. The molecule has 0 aliphatic carbocycles. The molecule has 0 radical (unpaired) electrons. The Morgan fingerprint density at radius 3 is 2.94 bits per heavy atom. The molecule has 2 fully saturated rings. The summed E-state index contributed by atoms with van der Waals surface area (Å²) in [4.78, 5) is 14.0. The molecule has 0 aromatic carbocycles. The molecule has 2 aliphatic rings. The number of halogens is 1. The van der Waals surface area contributed by atoms with Crippen molar-refractivity contribution >= 4 is 18.3 Å². The monoisotopic (exact) mass is 248 g/mol. The zero-order chi connectivity index (χ0) is 10.7. The predicted molar refractivity (Wildman–Crippen MR) is 64.8 cm³/mol. The van der Waals surface area contributed by atoms with Crippen molar-refractivity contribution in [3.63, 3.8) is 0 Å². The topological polar surface area (TPSA) is 41.6 Å². The van der Waals surface area contributed by atoms with E-state index in [4.69, 9.17) is 4.74 Å². The van der Waals surface area contributed by atoms with Gasteiger partial charge < -0.3 is 15.0 Å². The number of nitrogens with one attached hydrogen (secondary N) is 1. The molecule has 0 aromatic rings. The molecule has 2 saturated heterocycles. The zero-order valence-corrected chi connectivity index (χ0v) is 10.6. The number of ether oxygens (including phenoxy) is 1. The van der Waals surface area contributed by atoms with Gasteiger partial charge in [-0.25, -0.2) is 0 Å². The number of carbonyl (C=O) groups excluding carboxylic acids is 1. The maximum atomic E-state index is 12.0. The van der Waals surface area contributed by atoms with Crippen LogP contribution in [0.15, 0.2) is 0 Å². The molecule has 0 bridgehead atoms. The highest BCUT2D eigenvalue weighted by Crippen LogP contribution is 2.20. The molecule has 0 aromatic heterocycles. The first-order valence-corrected chi connectivity index (χ1v) is 5.92. The van der Waals surface area contributed by atoms with E-state index in [0.29, 0.717) is 19.1 Å². The first-order chi connectivity index (χ1) is 7.31. The maximum Gasteiger partial charge on any atom is 0.253 e. The SMILES string of the molecule is CCC1CCN(C(=O)[C@H]2CNCCO2)C1.Cl. The predicted octanol–water partition coefficient (Wildman–Crippen LogP) is 0.655. The highest BCUT2D eigenvalue weighted by atomic mass is 35.5. The van der Waals surface area contributed by atoms with E-state index in [-0.39, 0.29) is 24.4 Å². The van der Waals surface area contributed by atoms with Gasteiger partial charge in [-0.15, -0.1) is 12.4 Å². The molecule has 4 nitrogen and oxygen atoms in total. The van der Waals surface area contributed by atoms with E-state index in [9.17, 15) is 4.79 Å². The Morgan fingerprint density at radius 2 is 2.38 bits per heavy atom. The van der Waals surface area contributed by atoms with Crippen LogP contribution >= 0.6 is 12.4 Å². The van der Waals surface area contributed by atoms with E-state index in [1.165, 1.54) is 6.42 Å². The molecule has 94 valence electrons. The molecule has 2 aliphatic heterocycles. The molecule has 0 spiro atoms. The normalized spacial score (nSPS) is 29.9. The summed E-state index contributed by atoms with van der Waals surface area (Å²) in [6.45, 7) is 6.22. The Bertz CT molecular complexity index is 232. The zero-order valence-electron chi connectivity index (χ0n) is 9.78.